The van der Waals surface area contributed by atoms with Gasteiger partial charge >= 0.3 is 6.03 Å². The fraction of sp³-hybridized carbons (Fsp3) is 0. The Morgan fingerprint density at radius 1 is 1.20 bits per heavy atom. The summed E-state index contributed by atoms with van der Waals surface area (Å²) in [6.45, 7) is 0. The highest BCUT2D eigenvalue weighted by Gasteiger charge is 1.98. The number of rotatable bonds is 4. The molecule has 5 nitrogen and oxygen atoms in total. The van der Waals surface area contributed by atoms with Crippen LogP contribution in [-0.2, 0) is 0 Å². The van der Waals surface area contributed by atoms with E-state index < -0.39 is 6.03 Å². The Hall–Kier alpha value is -2.89. The first-order valence-corrected chi connectivity index (χ1v) is 5.75. The summed E-state index contributed by atoms with van der Waals surface area (Å²) >= 11 is 0. The zero-order valence-corrected chi connectivity index (χ0v) is 10.4. The average molecular weight is 273 g/mol. The Bertz CT molecular complexity index is 627. The normalized spacial score (nSPS) is 10.4. The van der Waals surface area contributed by atoms with Crippen molar-refractivity contribution in [2.24, 2.45) is 10.8 Å². The van der Waals surface area contributed by atoms with E-state index in [0.717, 1.165) is 5.56 Å². The molecule has 0 radical (unpaired) electrons. The predicted molar refractivity (Wildman–Crippen MR) is 73.2 cm³/mol. The van der Waals surface area contributed by atoms with Crippen LogP contribution in [0.2, 0.25) is 0 Å². The van der Waals surface area contributed by atoms with Crippen molar-refractivity contribution in [1.82, 2.24) is 5.43 Å². The van der Waals surface area contributed by atoms with Crippen molar-refractivity contribution in [1.29, 1.82) is 0 Å². The summed E-state index contributed by atoms with van der Waals surface area (Å²) in [6, 6.07) is 12.0. The predicted octanol–water partition coefficient (Wildman–Crippen LogP) is 2.62. The molecule has 0 unspecified atom stereocenters. The molecule has 0 aliphatic carbocycles. The third-order valence-corrected chi connectivity index (χ3v) is 2.30. The highest BCUT2D eigenvalue weighted by molar-refractivity contribution is 5.81. The van der Waals surface area contributed by atoms with Crippen molar-refractivity contribution in [3.8, 4) is 11.5 Å². The number of hydrogen-bond donors (Lipinski definition) is 2. The highest BCUT2D eigenvalue weighted by Crippen LogP contribution is 2.21. The van der Waals surface area contributed by atoms with E-state index in [-0.39, 0.29) is 5.82 Å². The number of nitrogens with one attached hydrogen (secondary N) is 1. The molecule has 0 spiro atoms. The van der Waals surface area contributed by atoms with Crippen LogP contribution in [0.4, 0.5) is 9.18 Å². The summed E-state index contributed by atoms with van der Waals surface area (Å²) in [7, 11) is 0. The lowest BCUT2D eigenvalue weighted by atomic mass is 10.2. The van der Waals surface area contributed by atoms with Gasteiger partial charge in [0.05, 0.1) is 6.21 Å². The van der Waals surface area contributed by atoms with Crippen LogP contribution < -0.4 is 15.9 Å². The van der Waals surface area contributed by atoms with Gasteiger partial charge in [-0.2, -0.15) is 5.10 Å². The minimum Gasteiger partial charge on any atom is -0.457 e. The highest BCUT2D eigenvalue weighted by atomic mass is 19.1. The molecule has 0 bridgehead atoms. The van der Waals surface area contributed by atoms with Gasteiger partial charge in [-0.1, -0.05) is 6.07 Å². The lowest BCUT2D eigenvalue weighted by Crippen LogP contribution is -2.24. The second-order valence-corrected chi connectivity index (χ2v) is 3.86. The topological polar surface area (TPSA) is 76.7 Å². The van der Waals surface area contributed by atoms with Crippen LogP contribution >= 0.6 is 0 Å². The first kappa shape index (κ1) is 13.5. The van der Waals surface area contributed by atoms with E-state index in [0.29, 0.717) is 11.5 Å². The minimum atomic E-state index is -0.729. The molecule has 6 heteroatoms. The zero-order chi connectivity index (χ0) is 14.4. The van der Waals surface area contributed by atoms with E-state index >= 15 is 0 Å². The minimum absolute atomic E-state index is 0.358. The number of amides is 2. The van der Waals surface area contributed by atoms with E-state index in [1.165, 1.54) is 18.3 Å². The van der Waals surface area contributed by atoms with Gasteiger partial charge in [-0.15, -0.1) is 0 Å². The largest absolute Gasteiger partial charge is 0.457 e. The van der Waals surface area contributed by atoms with Gasteiger partial charge in [0.2, 0.25) is 0 Å². The van der Waals surface area contributed by atoms with E-state index in [1.54, 1.807) is 36.4 Å². The molecule has 0 heterocycles. The molecule has 0 aliphatic heterocycles. The Kier molecular flexibility index (Phi) is 4.28. The Labute approximate surface area is 114 Å². The lowest BCUT2D eigenvalue weighted by molar-refractivity contribution is 0.249. The van der Waals surface area contributed by atoms with Crippen LogP contribution in [0.5, 0.6) is 11.5 Å². The number of urea groups is 1. The van der Waals surface area contributed by atoms with Gasteiger partial charge in [0.1, 0.15) is 17.3 Å². The van der Waals surface area contributed by atoms with Crippen molar-refractivity contribution < 1.29 is 13.9 Å². The maximum absolute atomic E-state index is 13.0. The second kappa shape index (κ2) is 6.33. The molecule has 20 heavy (non-hydrogen) atoms. The van der Waals surface area contributed by atoms with Gasteiger partial charge in [0.25, 0.3) is 0 Å². The van der Waals surface area contributed by atoms with Gasteiger partial charge in [-0.05, 0) is 42.0 Å². The molecular weight excluding hydrogens is 261 g/mol. The number of ether oxygens (including phenoxy) is 1. The van der Waals surface area contributed by atoms with Crippen molar-refractivity contribution in [3.05, 3.63) is 59.9 Å². The molecule has 2 aromatic carbocycles. The van der Waals surface area contributed by atoms with Crippen molar-refractivity contribution in [2.75, 3.05) is 0 Å². The number of primary amides is 1. The van der Waals surface area contributed by atoms with Crippen molar-refractivity contribution in [3.63, 3.8) is 0 Å². The summed E-state index contributed by atoms with van der Waals surface area (Å²) in [5, 5.41) is 3.63. The Balaban J connectivity index is 2.01. The second-order valence-electron chi connectivity index (χ2n) is 3.86. The molecule has 2 rings (SSSR count). The Morgan fingerprint density at radius 2 is 1.95 bits per heavy atom. The molecule has 0 saturated carbocycles. The molecule has 102 valence electrons. The maximum atomic E-state index is 13.0. The van der Waals surface area contributed by atoms with Crippen LogP contribution in [0.3, 0.4) is 0 Å². The molecule has 3 N–H and O–H groups in total. The lowest BCUT2D eigenvalue weighted by Gasteiger charge is -2.05. The summed E-state index contributed by atoms with van der Waals surface area (Å²) in [4.78, 5) is 10.4. The van der Waals surface area contributed by atoms with E-state index in [2.05, 4.69) is 10.5 Å². The number of hydrogen-bond acceptors (Lipinski definition) is 3. The molecule has 0 atom stereocenters. The summed E-state index contributed by atoms with van der Waals surface area (Å²) in [5.41, 5.74) is 7.71. The monoisotopic (exact) mass is 273 g/mol. The van der Waals surface area contributed by atoms with Crippen LogP contribution in [0, 0.1) is 5.82 Å². The van der Waals surface area contributed by atoms with Crippen LogP contribution in [0.1, 0.15) is 5.56 Å². The quantitative estimate of drug-likeness (QED) is 0.663. The number of nitrogens with zero attached hydrogens (tertiary/aromatic N) is 1. The molecule has 0 aromatic heterocycles. The molecule has 0 saturated heterocycles. The molecule has 2 aromatic rings. The first-order chi connectivity index (χ1) is 9.63. The standard InChI is InChI=1S/C14H12FN3O2/c15-11-2-1-3-13(8-11)20-12-6-4-10(5-7-12)9-17-18-14(16)19/h1-9H,(H3,16,18,19)/b17-9-. The zero-order valence-electron chi connectivity index (χ0n) is 10.4. The van der Waals surface area contributed by atoms with Crippen molar-refractivity contribution in [2.45, 2.75) is 0 Å². The van der Waals surface area contributed by atoms with Gasteiger partial charge in [-0.25, -0.2) is 14.6 Å². The Morgan fingerprint density at radius 3 is 2.60 bits per heavy atom. The van der Waals surface area contributed by atoms with Crippen LogP contribution in [0.25, 0.3) is 0 Å². The number of carbonyl (C=O) groups excluding carboxylic acids is 1. The van der Waals surface area contributed by atoms with Crippen LogP contribution in [-0.4, -0.2) is 12.2 Å². The SMILES string of the molecule is NC(=O)N/N=C\c1ccc(Oc2cccc(F)c2)cc1. The first-order valence-electron chi connectivity index (χ1n) is 5.75. The average Bonchev–Trinajstić information content (AvgIpc) is 2.40. The molecular formula is C14H12FN3O2. The number of carbonyl (C=O) groups is 1. The van der Waals surface area contributed by atoms with Crippen molar-refractivity contribution >= 4 is 12.2 Å². The molecule has 0 fully saturated rings. The maximum Gasteiger partial charge on any atom is 0.332 e. The van der Waals surface area contributed by atoms with Gasteiger partial charge < -0.3 is 10.5 Å². The van der Waals surface area contributed by atoms with Gasteiger partial charge in [0, 0.05) is 6.07 Å². The van der Waals surface area contributed by atoms with E-state index in [1.807, 2.05) is 0 Å². The van der Waals surface area contributed by atoms with Crippen LogP contribution in [0.15, 0.2) is 53.6 Å². The smallest absolute Gasteiger partial charge is 0.332 e. The summed E-state index contributed by atoms with van der Waals surface area (Å²) < 4.78 is 18.5. The van der Waals surface area contributed by atoms with E-state index in [9.17, 15) is 9.18 Å². The third-order valence-electron chi connectivity index (χ3n) is 2.30. The fourth-order valence-electron chi connectivity index (χ4n) is 1.46. The number of hydrazone groups is 1. The summed E-state index contributed by atoms with van der Waals surface area (Å²) in [5.74, 6) is 0.626. The number of nitrogens with two attached hydrogens (primary N) is 1. The van der Waals surface area contributed by atoms with Gasteiger partial charge in [0.15, 0.2) is 0 Å². The number of benzene rings is 2. The third kappa shape index (κ3) is 4.09. The molecule has 2 amide bonds. The van der Waals surface area contributed by atoms with Gasteiger partial charge in [-0.3, -0.25) is 0 Å². The molecule has 0 aliphatic rings. The fourth-order valence-corrected chi connectivity index (χ4v) is 1.46. The summed E-state index contributed by atoms with van der Waals surface area (Å²) in [6.07, 6.45) is 1.44. The number of halogens is 1. The van der Waals surface area contributed by atoms with E-state index in [4.69, 9.17) is 10.5 Å².